The average Bonchev–Trinajstić information content (AvgIpc) is 2.08. The van der Waals surface area contributed by atoms with E-state index in [1.807, 2.05) is 0 Å². The summed E-state index contributed by atoms with van der Waals surface area (Å²) in [5, 5.41) is 8.82. The minimum absolute atomic E-state index is 0. The molecule has 1 aliphatic carbocycles. The number of halogens is 1. The van der Waals surface area contributed by atoms with Crippen molar-refractivity contribution in [2.75, 3.05) is 6.54 Å². The van der Waals surface area contributed by atoms with Gasteiger partial charge in [-0.15, -0.1) is 12.4 Å². The highest BCUT2D eigenvalue weighted by atomic mass is 35.5. The molecule has 3 nitrogen and oxygen atoms in total. The molecule has 1 rings (SSSR count). The first-order chi connectivity index (χ1) is 6.10. The fourth-order valence-electron chi connectivity index (χ4n) is 2.42. The minimum Gasteiger partial charge on any atom is -0.481 e. The normalized spacial score (nSPS) is 32.0. The Kier molecular flexibility index (Phi) is 5.45. The van der Waals surface area contributed by atoms with Crippen molar-refractivity contribution >= 4 is 18.4 Å². The number of hydrogen-bond donors (Lipinski definition) is 2. The maximum atomic E-state index is 10.7. The van der Waals surface area contributed by atoms with Crippen LogP contribution in [-0.2, 0) is 4.79 Å². The minimum atomic E-state index is -0.709. The zero-order valence-electron chi connectivity index (χ0n) is 8.66. The third kappa shape index (κ3) is 2.85. The van der Waals surface area contributed by atoms with Gasteiger partial charge in [-0.05, 0) is 24.3 Å². The molecule has 0 amide bonds. The Morgan fingerprint density at radius 3 is 2.64 bits per heavy atom. The van der Waals surface area contributed by atoms with Crippen molar-refractivity contribution in [2.24, 2.45) is 17.1 Å². The molecule has 0 radical (unpaired) electrons. The van der Waals surface area contributed by atoms with E-state index < -0.39 is 5.97 Å². The van der Waals surface area contributed by atoms with Crippen LogP contribution in [-0.4, -0.2) is 17.6 Å². The number of aliphatic carboxylic acids is 1. The summed E-state index contributed by atoms with van der Waals surface area (Å²) in [5.41, 5.74) is 5.59. The van der Waals surface area contributed by atoms with Crippen LogP contribution in [0.3, 0.4) is 0 Å². The van der Waals surface area contributed by atoms with Gasteiger partial charge < -0.3 is 10.8 Å². The summed E-state index contributed by atoms with van der Waals surface area (Å²) in [6.45, 7) is 2.65. The summed E-state index contributed by atoms with van der Waals surface area (Å²) < 4.78 is 0. The smallest absolute Gasteiger partial charge is 0.303 e. The highest BCUT2D eigenvalue weighted by molar-refractivity contribution is 5.85. The van der Waals surface area contributed by atoms with Crippen LogP contribution in [0.4, 0.5) is 0 Å². The lowest BCUT2D eigenvalue weighted by Gasteiger charge is -2.40. The lowest BCUT2D eigenvalue weighted by atomic mass is 9.65. The van der Waals surface area contributed by atoms with Crippen molar-refractivity contribution < 1.29 is 9.90 Å². The van der Waals surface area contributed by atoms with E-state index in [2.05, 4.69) is 6.92 Å². The van der Waals surface area contributed by atoms with Crippen molar-refractivity contribution in [2.45, 2.75) is 39.0 Å². The van der Waals surface area contributed by atoms with Gasteiger partial charge in [-0.2, -0.15) is 0 Å². The molecular formula is C10H20ClNO2. The molecule has 2 unspecified atom stereocenters. The Bertz CT molecular complexity index is 199. The molecule has 3 N–H and O–H groups in total. The number of carboxylic acids is 1. The Balaban J connectivity index is 0.00000169. The molecule has 2 atom stereocenters. The van der Waals surface area contributed by atoms with Gasteiger partial charge in [-0.1, -0.05) is 26.2 Å². The van der Waals surface area contributed by atoms with E-state index in [1.54, 1.807) is 0 Å². The van der Waals surface area contributed by atoms with Gasteiger partial charge in [-0.3, -0.25) is 4.79 Å². The number of carboxylic acid groups (broad SMARTS) is 1. The highest BCUT2D eigenvalue weighted by Crippen LogP contribution is 2.42. The van der Waals surface area contributed by atoms with Gasteiger partial charge in [0.15, 0.2) is 0 Å². The van der Waals surface area contributed by atoms with Crippen LogP contribution in [0.2, 0.25) is 0 Å². The van der Waals surface area contributed by atoms with E-state index >= 15 is 0 Å². The van der Waals surface area contributed by atoms with Gasteiger partial charge in [-0.25, -0.2) is 0 Å². The van der Waals surface area contributed by atoms with E-state index in [-0.39, 0.29) is 24.2 Å². The van der Waals surface area contributed by atoms with Crippen LogP contribution in [0.15, 0.2) is 0 Å². The zero-order valence-corrected chi connectivity index (χ0v) is 9.48. The molecule has 1 aliphatic rings. The molecule has 0 aromatic carbocycles. The predicted molar refractivity (Wildman–Crippen MR) is 58.6 cm³/mol. The highest BCUT2D eigenvalue weighted by Gasteiger charge is 2.38. The lowest BCUT2D eigenvalue weighted by molar-refractivity contribution is -0.141. The predicted octanol–water partition coefficient (Wildman–Crippen LogP) is 2.04. The number of carbonyl (C=O) groups is 1. The first-order valence-electron chi connectivity index (χ1n) is 5.02. The summed E-state index contributed by atoms with van der Waals surface area (Å²) in [5.74, 6) is -0.249. The molecule has 0 bridgehead atoms. The third-order valence-electron chi connectivity index (χ3n) is 3.52. The molecule has 1 fully saturated rings. The summed E-state index contributed by atoms with van der Waals surface area (Å²) in [4.78, 5) is 10.7. The van der Waals surface area contributed by atoms with Gasteiger partial charge in [0, 0.05) is 0 Å². The van der Waals surface area contributed by atoms with Gasteiger partial charge in [0.05, 0.1) is 6.42 Å². The summed E-state index contributed by atoms with van der Waals surface area (Å²) in [6.07, 6.45) is 4.71. The lowest BCUT2D eigenvalue weighted by Crippen LogP contribution is -2.40. The van der Waals surface area contributed by atoms with Crippen molar-refractivity contribution in [1.29, 1.82) is 0 Å². The largest absolute Gasteiger partial charge is 0.481 e. The van der Waals surface area contributed by atoms with Crippen LogP contribution in [0.1, 0.15) is 39.0 Å². The van der Waals surface area contributed by atoms with Crippen molar-refractivity contribution in [3.05, 3.63) is 0 Å². The van der Waals surface area contributed by atoms with E-state index in [9.17, 15) is 4.79 Å². The monoisotopic (exact) mass is 221 g/mol. The van der Waals surface area contributed by atoms with Crippen LogP contribution in [0, 0.1) is 11.3 Å². The number of nitrogens with two attached hydrogens (primary N) is 1. The average molecular weight is 222 g/mol. The molecule has 84 valence electrons. The van der Waals surface area contributed by atoms with Gasteiger partial charge in [0.2, 0.25) is 0 Å². The topological polar surface area (TPSA) is 63.3 Å². The Labute approximate surface area is 91.5 Å². The van der Waals surface area contributed by atoms with E-state index in [0.717, 1.165) is 19.3 Å². The van der Waals surface area contributed by atoms with Crippen LogP contribution >= 0.6 is 12.4 Å². The zero-order chi connectivity index (χ0) is 9.90. The maximum Gasteiger partial charge on any atom is 0.303 e. The molecule has 0 aliphatic heterocycles. The molecular weight excluding hydrogens is 202 g/mol. The maximum absolute atomic E-state index is 10.7. The summed E-state index contributed by atoms with van der Waals surface area (Å²) >= 11 is 0. The van der Waals surface area contributed by atoms with Crippen molar-refractivity contribution in [3.8, 4) is 0 Å². The standard InChI is InChI=1S/C10H19NO2.ClH/c1-8-4-2-3-5-10(8,7-11)6-9(12)13;/h8H,2-7,11H2,1H3,(H,12,13);1H. The molecule has 0 aromatic heterocycles. The SMILES string of the molecule is CC1CCCCC1(CN)CC(=O)O.Cl. The summed E-state index contributed by atoms with van der Waals surface area (Å²) in [6, 6.07) is 0. The van der Waals surface area contributed by atoms with E-state index in [0.29, 0.717) is 12.5 Å². The van der Waals surface area contributed by atoms with Crippen LogP contribution < -0.4 is 5.73 Å². The first-order valence-corrected chi connectivity index (χ1v) is 5.02. The van der Waals surface area contributed by atoms with Gasteiger partial charge in [0.25, 0.3) is 0 Å². The Hall–Kier alpha value is -0.280. The quantitative estimate of drug-likeness (QED) is 0.767. The molecule has 4 heteroatoms. The fraction of sp³-hybridized carbons (Fsp3) is 0.900. The van der Waals surface area contributed by atoms with Crippen LogP contribution in [0.5, 0.6) is 0 Å². The molecule has 0 aromatic rings. The van der Waals surface area contributed by atoms with Crippen molar-refractivity contribution in [3.63, 3.8) is 0 Å². The second kappa shape index (κ2) is 5.56. The van der Waals surface area contributed by atoms with Gasteiger partial charge >= 0.3 is 5.97 Å². The Morgan fingerprint density at radius 1 is 1.57 bits per heavy atom. The van der Waals surface area contributed by atoms with Gasteiger partial charge in [0.1, 0.15) is 0 Å². The Morgan fingerprint density at radius 2 is 2.21 bits per heavy atom. The fourth-order valence-corrected chi connectivity index (χ4v) is 2.42. The second-order valence-corrected chi connectivity index (χ2v) is 4.28. The molecule has 0 saturated heterocycles. The van der Waals surface area contributed by atoms with Crippen LogP contribution in [0.25, 0.3) is 0 Å². The molecule has 14 heavy (non-hydrogen) atoms. The van der Waals surface area contributed by atoms with Crippen molar-refractivity contribution in [1.82, 2.24) is 0 Å². The third-order valence-corrected chi connectivity index (χ3v) is 3.52. The van der Waals surface area contributed by atoms with E-state index in [1.165, 1.54) is 6.42 Å². The molecule has 0 heterocycles. The van der Waals surface area contributed by atoms with E-state index in [4.69, 9.17) is 10.8 Å². The first kappa shape index (κ1) is 13.7. The molecule has 1 saturated carbocycles. The molecule has 0 spiro atoms. The number of hydrogen-bond acceptors (Lipinski definition) is 2. The summed E-state index contributed by atoms with van der Waals surface area (Å²) in [7, 11) is 0. The number of rotatable bonds is 3. The second-order valence-electron chi connectivity index (χ2n) is 4.28.